The zero-order chi connectivity index (χ0) is 11.3. The summed E-state index contributed by atoms with van der Waals surface area (Å²) in [6, 6.07) is 0. The molecule has 15 heavy (non-hydrogen) atoms. The highest BCUT2D eigenvalue weighted by atomic mass is 15.1. The van der Waals surface area contributed by atoms with Crippen molar-refractivity contribution in [3.8, 4) is 0 Å². The summed E-state index contributed by atoms with van der Waals surface area (Å²) in [6.45, 7) is 10.4. The first-order chi connectivity index (χ1) is 7.01. The van der Waals surface area contributed by atoms with Gasteiger partial charge in [-0.1, -0.05) is 13.3 Å². The van der Waals surface area contributed by atoms with Crippen molar-refractivity contribution in [3.63, 3.8) is 0 Å². The molecular formula is C13H28N2. The molecule has 0 aromatic heterocycles. The monoisotopic (exact) mass is 212 g/mol. The van der Waals surface area contributed by atoms with Crippen molar-refractivity contribution in [2.75, 3.05) is 19.6 Å². The third-order valence-corrected chi connectivity index (χ3v) is 3.36. The summed E-state index contributed by atoms with van der Waals surface area (Å²) < 4.78 is 0. The molecule has 2 N–H and O–H groups in total. The van der Waals surface area contributed by atoms with Crippen molar-refractivity contribution in [2.24, 2.45) is 11.7 Å². The molecule has 0 bridgehead atoms. The quantitative estimate of drug-likeness (QED) is 0.733. The molecule has 90 valence electrons. The molecule has 0 radical (unpaired) electrons. The minimum absolute atomic E-state index is 0.0164. The van der Waals surface area contributed by atoms with E-state index in [0.717, 1.165) is 12.3 Å². The first-order valence-corrected chi connectivity index (χ1v) is 6.52. The van der Waals surface area contributed by atoms with Crippen LogP contribution in [0.1, 0.15) is 52.9 Å². The predicted molar refractivity (Wildman–Crippen MR) is 67.0 cm³/mol. The molecule has 0 aromatic carbocycles. The van der Waals surface area contributed by atoms with Gasteiger partial charge in [-0.2, -0.15) is 0 Å². The van der Waals surface area contributed by atoms with E-state index in [2.05, 4.69) is 25.7 Å². The van der Waals surface area contributed by atoms with Gasteiger partial charge in [0.2, 0.25) is 0 Å². The van der Waals surface area contributed by atoms with Gasteiger partial charge in [-0.15, -0.1) is 0 Å². The summed E-state index contributed by atoms with van der Waals surface area (Å²) in [4.78, 5) is 2.62. The molecule has 1 saturated heterocycles. The molecule has 2 heteroatoms. The Balaban J connectivity index is 2.09. The zero-order valence-corrected chi connectivity index (χ0v) is 10.8. The van der Waals surface area contributed by atoms with Crippen LogP contribution >= 0.6 is 0 Å². The summed E-state index contributed by atoms with van der Waals surface area (Å²) in [7, 11) is 0. The van der Waals surface area contributed by atoms with E-state index >= 15 is 0 Å². The molecule has 0 aromatic rings. The standard InChI is InChI=1S/C13H28N2/c1-4-6-12-7-10-15(11-12)9-5-8-13(2,3)14/h12H,4-11,14H2,1-3H3. The minimum Gasteiger partial charge on any atom is -0.326 e. The van der Waals surface area contributed by atoms with Crippen LogP contribution in [0.25, 0.3) is 0 Å². The van der Waals surface area contributed by atoms with Gasteiger partial charge in [0.15, 0.2) is 0 Å². The lowest BCUT2D eigenvalue weighted by molar-refractivity contribution is 0.299. The van der Waals surface area contributed by atoms with Crippen molar-refractivity contribution in [3.05, 3.63) is 0 Å². The molecule has 1 rings (SSSR count). The van der Waals surface area contributed by atoms with Gasteiger partial charge in [-0.3, -0.25) is 0 Å². The van der Waals surface area contributed by atoms with E-state index in [-0.39, 0.29) is 5.54 Å². The highest BCUT2D eigenvalue weighted by molar-refractivity contribution is 4.77. The van der Waals surface area contributed by atoms with Crippen LogP contribution in [-0.4, -0.2) is 30.1 Å². The molecule has 1 aliphatic rings. The maximum Gasteiger partial charge on any atom is 0.00975 e. The fourth-order valence-electron chi connectivity index (χ4n) is 2.52. The van der Waals surface area contributed by atoms with Crippen molar-refractivity contribution in [1.29, 1.82) is 0 Å². The van der Waals surface area contributed by atoms with Gasteiger partial charge < -0.3 is 10.6 Å². The number of nitrogens with two attached hydrogens (primary N) is 1. The molecule has 0 saturated carbocycles. The van der Waals surface area contributed by atoms with E-state index in [0.29, 0.717) is 0 Å². The van der Waals surface area contributed by atoms with Crippen molar-refractivity contribution in [2.45, 2.75) is 58.4 Å². The average molecular weight is 212 g/mol. The molecule has 2 nitrogen and oxygen atoms in total. The minimum atomic E-state index is 0.0164. The first-order valence-electron chi connectivity index (χ1n) is 6.52. The van der Waals surface area contributed by atoms with Crippen molar-refractivity contribution < 1.29 is 0 Å². The lowest BCUT2D eigenvalue weighted by Crippen LogP contribution is -2.33. The van der Waals surface area contributed by atoms with Crippen LogP contribution in [0.3, 0.4) is 0 Å². The Morgan fingerprint density at radius 2 is 2.13 bits per heavy atom. The van der Waals surface area contributed by atoms with Gasteiger partial charge in [-0.05, 0) is 58.5 Å². The Morgan fingerprint density at radius 3 is 2.73 bits per heavy atom. The summed E-state index contributed by atoms with van der Waals surface area (Å²) in [6.07, 6.45) is 6.57. The van der Waals surface area contributed by atoms with E-state index in [1.54, 1.807) is 0 Å². The second-order valence-corrected chi connectivity index (χ2v) is 5.84. The molecule has 0 amide bonds. The number of likely N-dealkylation sites (tertiary alicyclic amines) is 1. The van der Waals surface area contributed by atoms with E-state index in [1.807, 2.05) is 0 Å². The third-order valence-electron chi connectivity index (χ3n) is 3.36. The fourth-order valence-corrected chi connectivity index (χ4v) is 2.52. The van der Waals surface area contributed by atoms with Gasteiger partial charge in [0.1, 0.15) is 0 Å². The average Bonchev–Trinajstić information content (AvgIpc) is 2.51. The third kappa shape index (κ3) is 5.53. The van der Waals surface area contributed by atoms with Crippen LogP contribution in [0, 0.1) is 5.92 Å². The fraction of sp³-hybridized carbons (Fsp3) is 1.00. The molecule has 1 unspecified atom stereocenters. The van der Waals surface area contributed by atoms with Crippen LogP contribution < -0.4 is 5.73 Å². The summed E-state index contributed by atoms with van der Waals surface area (Å²) >= 11 is 0. The normalized spacial score (nSPS) is 23.6. The van der Waals surface area contributed by atoms with Crippen molar-refractivity contribution >= 4 is 0 Å². The maximum absolute atomic E-state index is 5.98. The van der Waals surface area contributed by atoms with E-state index in [1.165, 1.54) is 45.3 Å². The number of hydrogen-bond acceptors (Lipinski definition) is 2. The Morgan fingerprint density at radius 1 is 1.40 bits per heavy atom. The van der Waals surface area contributed by atoms with E-state index in [4.69, 9.17) is 5.73 Å². The number of nitrogens with zero attached hydrogens (tertiary/aromatic N) is 1. The molecule has 0 spiro atoms. The molecular weight excluding hydrogens is 184 g/mol. The second-order valence-electron chi connectivity index (χ2n) is 5.84. The van der Waals surface area contributed by atoms with Gasteiger partial charge >= 0.3 is 0 Å². The predicted octanol–water partition coefficient (Wildman–Crippen LogP) is 2.63. The summed E-state index contributed by atoms with van der Waals surface area (Å²) in [5, 5.41) is 0. The molecule has 1 heterocycles. The molecule has 1 fully saturated rings. The summed E-state index contributed by atoms with van der Waals surface area (Å²) in [5.74, 6) is 0.973. The van der Waals surface area contributed by atoms with Crippen LogP contribution in [0.5, 0.6) is 0 Å². The SMILES string of the molecule is CCCC1CCN(CCCC(C)(C)N)C1. The Labute approximate surface area is 95.2 Å². The second kappa shape index (κ2) is 5.86. The van der Waals surface area contributed by atoms with E-state index < -0.39 is 0 Å². The molecule has 1 aliphatic heterocycles. The van der Waals surface area contributed by atoms with Crippen molar-refractivity contribution in [1.82, 2.24) is 4.90 Å². The van der Waals surface area contributed by atoms with Crippen LogP contribution in [0.4, 0.5) is 0 Å². The lowest BCUT2D eigenvalue weighted by atomic mass is 10.00. The zero-order valence-electron chi connectivity index (χ0n) is 10.8. The lowest BCUT2D eigenvalue weighted by Gasteiger charge is -2.21. The maximum atomic E-state index is 5.98. The Hall–Kier alpha value is -0.0800. The van der Waals surface area contributed by atoms with Gasteiger partial charge in [0.05, 0.1) is 0 Å². The van der Waals surface area contributed by atoms with Crippen LogP contribution in [-0.2, 0) is 0 Å². The topological polar surface area (TPSA) is 29.3 Å². The highest BCUT2D eigenvalue weighted by Gasteiger charge is 2.21. The van der Waals surface area contributed by atoms with E-state index in [9.17, 15) is 0 Å². The van der Waals surface area contributed by atoms with Gasteiger partial charge in [0, 0.05) is 12.1 Å². The molecule has 0 aliphatic carbocycles. The number of rotatable bonds is 6. The smallest absolute Gasteiger partial charge is 0.00975 e. The molecule has 1 atom stereocenters. The van der Waals surface area contributed by atoms with Crippen LogP contribution in [0.15, 0.2) is 0 Å². The Kier molecular flexibility index (Phi) is 5.07. The van der Waals surface area contributed by atoms with Crippen LogP contribution in [0.2, 0.25) is 0 Å². The van der Waals surface area contributed by atoms with Gasteiger partial charge in [-0.25, -0.2) is 0 Å². The number of hydrogen-bond donors (Lipinski definition) is 1. The first kappa shape index (κ1) is 13.0. The highest BCUT2D eigenvalue weighted by Crippen LogP contribution is 2.21. The Bertz CT molecular complexity index is 172. The van der Waals surface area contributed by atoms with Gasteiger partial charge in [0.25, 0.3) is 0 Å². The summed E-state index contributed by atoms with van der Waals surface area (Å²) in [5.41, 5.74) is 5.99. The largest absolute Gasteiger partial charge is 0.326 e.